The van der Waals surface area contributed by atoms with Gasteiger partial charge < -0.3 is 10.1 Å². The van der Waals surface area contributed by atoms with Crippen molar-refractivity contribution in [2.45, 2.75) is 42.1 Å². The zero-order valence-corrected chi connectivity index (χ0v) is 14.1. The van der Waals surface area contributed by atoms with Crippen molar-refractivity contribution >= 4 is 28.6 Å². The molecule has 4 heteroatoms. The van der Waals surface area contributed by atoms with Crippen LogP contribution in [-0.2, 0) is 15.1 Å². The average molecular weight is 388 g/mol. The van der Waals surface area contributed by atoms with Crippen molar-refractivity contribution in [3.05, 3.63) is 35.9 Å². The number of esters is 1. The van der Waals surface area contributed by atoms with E-state index in [1.54, 1.807) is 0 Å². The van der Waals surface area contributed by atoms with E-state index in [4.69, 9.17) is 4.74 Å². The van der Waals surface area contributed by atoms with Gasteiger partial charge in [0.2, 0.25) is 0 Å². The van der Waals surface area contributed by atoms with E-state index < -0.39 is 5.60 Å². The van der Waals surface area contributed by atoms with Crippen LogP contribution >= 0.6 is 22.6 Å². The molecule has 2 N–H and O–H groups in total. The Hall–Kier alpha value is -0.620. The van der Waals surface area contributed by atoms with Gasteiger partial charge >= 0.3 is 5.97 Å². The normalized spacial score (nSPS) is 20.5. The SMILES string of the molecule is CC(I)C(=O)OC1(c2ccccc2)CCC[NH2+]CCC1. The molecular weight excluding hydrogens is 365 g/mol. The summed E-state index contributed by atoms with van der Waals surface area (Å²) in [6.07, 6.45) is 4.00. The highest BCUT2D eigenvalue weighted by molar-refractivity contribution is 14.1. The molecule has 1 aromatic carbocycles. The van der Waals surface area contributed by atoms with Gasteiger partial charge in [-0.1, -0.05) is 52.9 Å². The van der Waals surface area contributed by atoms with Crippen LogP contribution in [0.5, 0.6) is 0 Å². The fourth-order valence-electron chi connectivity index (χ4n) is 2.80. The van der Waals surface area contributed by atoms with Gasteiger partial charge in [-0.3, -0.25) is 4.79 Å². The van der Waals surface area contributed by atoms with E-state index >= 15 is 0 Å². The standard InChI is InChI=1S/C16H22INO2/c1-13(17)15(19)20-16(14-7-3-2-4-8-14)9-5-11-18-12-6-10-16/h2-4,7-8,13,18H,5-6,9-12H2,1H3/p+1. The van der Waals surface area contributed by atoms with Crippen LogP contribution in [0.15, 0.2) is 30.3 Å². The third kappa shape index (κ3) is 3.95. The summed E-state index contributed by atoms with van der Waals surface area (Å²) in [6, 6.07) is 10.3. The number of alkyl halides is 1. The molecule has 1 aromatic rings. The van der Waals surface area contributed by atoms with Crippen molar-refractivity contribution in [3.8, 4) is 0 Å². The van der Waals surface area contributed by atoms with E-state index in [1.807, 2.05) is 25.1 Å². The molecule has 20 heavy (non-hydrogen) atoms. The molecule has 0 radical (unpaired) electrons. The van der Waals surface area contributed by atoms with E-state index in [-0.39, 0.29) is 9.89 Å². The summed E-state index contributed by atoms with van der Waals surface area (Å²) in [5.41, 5.74) is 0.721. The number of hydrogen-bond donors (Lipinski definition) is 1. The minimum absolute atomic E-state index is 0.0981. The van der Waals surface area contributed by atoms with E-state index in [2.05, 4.69) is 40.0 Å². The molecule has 110 valence electrons. The molecular formula is C16H23INO2+. The van der Waals surface area contributed by atoms with Gasteiger partial charge in [-0.15, -0.1) is 0 Å². The van der Waals surface area contributed by atoms with Crippen LogP contribution in [-0.4, -0.2) is 23.0 Å². The highest BCUT2D eigenvalue weighted by Crippen LogP contribution is 2.36. The first-order valence-electron chi connectivity index (χ1n) is 7.38. The fraction of sp³-hybridized carbons (Fsp3) is 0.562. The Morgan fingerprint density at radius 1 is 1.25 bits per heavy atom. The van der Waals surface area contributed by atoms with Gasteiger partial charge in [0.15, 0.2) is 0 Å². The van der Waals surface area contributed by atoms with Crippen molar-refractivity contribution < 1.29 is 14.8 Å². The van der Waals surface area contributed by atoms with Crippen LogP contribution in [0.1, 0.15) is 38.2 Å². The van der Waals surface area contributed by atoms with Crippen LogP contribution in [0.25, 0.3) is 0 Å². The number of nitrogens with two attached hydrogens (primary N) is 1. The van der Waals surface area contributed by atoms with Gasteiger partial charge in [-0.2, -0.15) is 0 Å². The Bertz CT molecular complexity index is 425. The van der Waals surface area contributed by atoms with Crippen molar-refractivity contribution in [2.75, 3.05) is 13.1 Å². The predicted molar refractivity (Wildman–Crippen MR) is 87.8 cm³/mol. The maximum Gasteiger partial charge on any atom is 0.319 e. The van der Waals surface area contributed by atoms with Crippen molar-refractivity contribution in [3.63, 3.8) is 0 Å². The molecule has 0 spiro atoms. The Labute approximate surface area is 134 Å². The molecule has 0 bridgehead atoms. The van der Waals surface area contributed by atoms with Crippen LogP contribution in [0, 0.1) is 0 Å². The van der Waals surface area contributed by atoms with Gasteiger partial charge in [-0.25, -0.2) is 0 Å². The molecule has 1 heterocycles. The Balaban J connectivity index is 2.28. The maximum absolute atomic E-state index is 12.2. The first-order valence-corrected chi connectivity index (χ1v) is 8.63. The smallest absolute Gasteiger partial charge is 0.319 e. The van der Waals surface area contributed by atoms with Gasteiger partial charge in [0, 0.05) is 12.8 Å². The summed E-state index contributed by atoms with van der Waals surface area (Å²) < 4.78 is 5.90. The van der Waals surface area contributed by atoms with Crippen LogP contribution in [0.4, 0.5) is 0 Å². The number of quaternary nitrogens is 1. The average Bonchev–Trinajstić information content (AvgIpc) is 2.42. The first-order chi connectivity index (χ1) is 9.64. The second-order valence-corrected chi connectivity index (χ2v) is 7.34. The van der Waals surface area contributed by atoms with Gasteiger partial charge in [-0.05, 0) is 25.3 Å². The van der Waals surface area contributed by atoms with Crippen molar-refractivity contribution in [1.29, 1.82) is 0 Å². The highest BCUT2D eigenvalue weighted by atomic mass is 127. The molecule has 3 nitrogen and oxygen atoms in total. The Morgan fingerprint density at radius 2 is 1.85 bits per heavy atom. The van der Waals surface area contributed by atoms with Gasteiger partial charge in [0.25, 0.3) is 0 Å². The lowest BCUT2D eigenvalue weighted by Gasteiger charge is -2.35. The summed E-state index contributed by atoms with van der Waals surface area (Å²) in [6.45, 7) is 4.12. The molecule has 0 saturated carbocycles. The summed E-state index contributed by atoms with van der Waals surface area (Å²) in [7, 11) is 0. The Kier molecular flexibility index (Phi) is 5.84. The second-order valence-electron chi connectivity index (χ2n) is 5.47. The zero-order valence-electron chi connectivity index (χ0n) is 12.0. The number of benzene rings is 1. The zero-order chi connectivity index (χ0) is 14.4. The molecule has 1 unspecified atom stereocenters. The summed E-state index contributed by atoms with van der Waals surface area (Å²) in [5.74, 6) is -0.0981. The summed E-state index contributed by atoms with van der Waals surface area (Å²) >= 11 is 2.13. The number of halogens is 1. The van der Waals surface area contributed by atoms with Crippen molar-refractivity contribution in [2.24, 2.45) is 0 Å². The summed E-state index contributed by atoms with van der Waals surface area (Å²) in [5, 5.41) is 2.36. The monoisotopic (exact) mass is 388 g/mol. The molecule has 1 saturated heterocycles. The molecule has 1 aliphatic heterocycles. The van der Waals surface area contributed by atoms with E-state index in [1.165, 1.54) is 0 Å². The lowest BCUT2D eigenvalue weighted by atomic mass is 9.83. The minimum Gasteiger partial charge on any atom is -0.453 e. The van der Waals surface area contributed by atoms with Crippen LogP contribution < -0.4 is 5.32 Å². The van der Waals surface area contributed by atoms with E-state index in [9.17, 15) is 4.79 Å². The number of ether oxygens (including phenoxy) is 1. The lowest BCUT2D eigenvalue weighted by molar-refractivity contribution is -0.657. The number of rotatable bonds is 3. The third-order valence-electron chi connectivity index (χ3n) is 3.90. The molecule has 0 amide bonds. The number of hydrogen-bond acceptors (Lipinski definition) is 2. The van der Waals surface area contributed by atoms with E-state index in [0.29, 0.717) is 0 Å². The molecule has 1 atom stereocenters. The lowest BCUT2D eigenvalue weighted by Crippen LogP contribution is -2.84. The fourth-order valence-corrected chi connectivity index (χ4v) is 2.93. The second kappa shape index (κ2) is 7.41. The first kappa shape index (κ1) is 15.8. The number of carbonyl (C=O) groups is 1. The minimum atomic E-state index is -0.425. The van der Waals surface area contributed by atoms with Crippen molar-refractivity contribution in [1.82, 2.24) is 0 Å². The molecule has 0 aliphatic carbocycles. The highest BCUT2D eigenvalue weighted by Gasteiger charge is 2.37. The molecule has 2 rings (SSSR count). The topological polar surface area (TPSA) is 42.9 Å². The molecule has 1 aliphatic rings. The van der Waals surface area contributed by atoms with E-state index in [0.717, 1.165) is 44.3 Å². The molecule has 0 aromatic heterocycles. The maximum atomic E-state index is 12.2. The molecule has 1 fully saturated rings. The van der Waals surface area contributed by atoms with Gasteiger partial charge in [0.1, 0.15) is 9.53 Å². The van der Waals surface area contributed by atoms with Crippen LogP contribution in [0.3, 0.4) is 0 Å². The van der Waals surface area contributed by atoms with Crippen LogP contribution in [0.2, 0.25) is 0 Å². The van der Waals surface area contributed by atoms with Gasteiger partial charge in [0.05, 0.1) is 13.1 Å². The Morgan fingerprint density at radius 3 is 2.40 bits per heavy atom. The third-order valence-corrected chi connectivity index (χ3v) is 4.41. The predicted octanol–water partition coefficient (Wildman–Crippen LogP) is 2.39. The largest absolute Gasteiger partial charge is 0.453 e. The quantitative estimate of drug-likeness (QED) is 0.491. The summed E-state index contributed by atoms with van der Waals surface area (Å²) in [4.78, 5) is 12.2. The number of carbonyl (C=O) groups excluding carboxylic acids is 1.